The Hall–Kier alpha value is -1.29. The van der Waals surface area contributed by atoms with Gasteiger partial charge in [0.25, 0.3) is 0 Å². The lowest BCUT2D eigenvalue weighted by atomic mass is 10.2. The highest BCUT2D eigenvalue weighted by atomic mass is 16.5. The molecule has 1 aliphatic rings. The minimum Gasteiger partial charge on any atom is -0.479 e. The molecule has 4 nitrogen and oxygen atoms in total. The van der Waals surface area contributed by atoms with Gasteiger partial charge in [-0.1, -0.05) is 6.92 Å². The Kier molecular flexibility index (Phi) is 3.01. The molecule has 3 atom stereocenters. The van der Waals surface area contributed by atoms with Crippen LogP contribution in [0.4, 0.5) is 0 Å². The largest absolute Gasteiger partial charge is 0.479 e. The predicted molar refractivity (Wildman–Crippen MR) is 57.4 cm³/mol. The molecule has 0 spiro atoms. The van der Waals surface area contributed by atoms with Crippen molar-refractivity contribution in [2.24, 2.45) is 5.92 Å². The number of hydrogen-bond acceptors (Lipinski definition) is 3. The summed E-state index contributed by atoms with van der Waals surface area (Å²) in [6.07, 6.45) is 0.627. The normalized spacial score (nSPS) is 25.4. The summed E-state index contributed by atoms with van der Waals surface area (Å²) >= 11 is 0. The highest BCUT2D eigenvalue weighted by molar-refractivity contribution is 5.72. The number of furan rings is 1. The average molecular weight is 224 g/mol. The summed E-state index contributed by atoms with van der Waals surface area (Å²) in [5.41, 5.74) is 0. The van der Waals surface area contributed by atoms with Crippen molar-refractivity contribution in [1.29, 1.82) is 0 Å². The molecule has 1 saturated carbocycles. The summed E-state index contributed by atoms with van der Waals surface area (Å²) in [5.74, 6) is 1.92. The van der Waals surface area contributed by atoms with Crippen molar-refractivity contribution >= 4 is 5.97 Å². The lowest BCUT2D eigenvalue weighted by Crippen LogP contribution is -2.24. The minimum absolute atomic E-state index is 0.285. The second-order valence-corrected chi connectivity index (χ2v) is 4.39. The molecule has 1 aliphatic carbocycles. The number of hydrogen-bond donors (Lipinski definition) is 1. The Labute approximate surface area is 94.2 Å². The molecule has 4 heteroatoms. The van der Waals surface area contributed by atoms with Crippen molar-refractivity contribution in [1.82, 2.24) is 0 Å². The number of methoxy groups -OCH3 is 1. The van der Waals surface area contributed by atoms with Crippen molar-refractivity contribution in [3.63, 3.8) is 0 Å². The molecule has 1 aromatic rings. The van der Waals surface area contributed by atoms with Crippen molar-refractivity contribution in [3.8, 4) is 0 Å². The van der Waals surface area contributed by atoms with Crippen LogP contribution in [-0.4, -0.2) is 24.3 Å². The van der Waals surface area contributed by atoms with E-state index in [0.29, 0.717) is 17.6 Å². The van der Waals surface area contributed by atoms with Crippen LogP contribution in [-0.2, 0) is 16.0 Å². The van der Waals surface area contributed by atoms with Crippen molar-refractivity contribution in [3.05, 3.63) is 23.7 Å². The molecule has 88 valence electrons. The number of ether oxygens (including phenoxy) is 1. The van der Waals surface area contributed by atoms with Crippen molar-refractivity contribution < 1.29 is 19.1 Å². The zero-order valence-electron chi connectivity index (χ0n) is 9.47. The highest BCUT2D eigenvalue weighted by Gasteiger charge is 2.36. The Morgan fingerprint density at radius 1 is 1.69 bits per heavy atom. The number of carboxylic acids is 1. The summed E-state index contributed by atoms with van der Waals surface area (Å²) in [7, 11) is 1.39. The second kappa shape index (κ2) is 4.29. The van der Waals surface area contributed by atoms with Crippen LogP contribution in [0.25, 0.3) is 0 Å². The Bertz CT molecular complexity index is 382. The zero-order chi connectivity index (χ0) is 11.7. The molecule has 0 aliphatic heterocycles. The molecule has 3 unspecified atom stereocenters. The van der Waals surface area contributed by atoms with Gasteiger partial charge in [-0.3, -0.25) is 0 Å². The molecule has 0 saturated heterocycles. The van der Waals surface area contributed by atoms with Crippen molar-refractivity contribution in [2.75, 3.05) is 7.11 Å². The van der Waals surface area contributed by atoms with Gasteiger partial charge in [-0.15, -0.1) is 0 Å². The van der Waals surface area contributed by atoms with Crippen molar-refractivity contribution in [2.45, 2.75) is 31.8 Å². The van der Waals surface area contributed by atoms with Crippen LogP contribution in [0.15, 0.2) is 16.5 Å². The van der Waals surface area contributed by atoms with Crippen LogP contribution in [0, 0.1) is 5.92 Å². The summed E-state index contributed by atoms with van der Waals surface area (Å²) in [6, 6.07) is 3.79. The van der Waals surface area contributed by atoms with E-state index in [2.05, 4.69) is 6.92 Å². The molecule has 0 bridgehead atoms. The molecule has 0 amide bonds. The first-order chi connectivity index (χ1) is 7.61. The minimum atomic E-state index is -0.958. The first-order valence-electron chi connectivity index (χ1n) is 5.46. The third-order valence-corrected chi connectivity index (χ3v) is 3.10. The quantitative estimate of drug-likeness (QED) is 0.831. The summed E-state index contributed by atoms with van der Waals surface area (Å²) in [6.45, 7) is 2.18. The van der Waals surface area contributed by atoms with E-state index in [1.807, 2.05) is 12.1 Å². The first kappa shape index (κ1) is 11.2. The number of rotatable bonds is 5. The van der Waals surface area contributed by atoms with Gasteiger partial charge in [0, 0.05) is 19.4 Å². The molecule has 0 radical (unpaired) electrons. The molecule has 2 rings (SSSR count). The van der Waals surface area contributed by atoms with Gasteiger partial charge >= 0.3 is 5.97 Å². The second-order valence-electron chi connectivity index (χ2n) is 4.39. The standard InChI is InChI=1S/C12H16O4/c1-7-5-9(7)10-4-3-8(16-10)6-11(15-2)12(13)14/h3-4,7,9,11H,5-6H2,1-2H3,(H,13,14). The molecular formula is C12H16O4. The van der Waals surface area contributed by atoms with Crippen LogP contribution < -0.4 is 0 Å². The topological polar surface area (TPSA) is 59.7 Å². The Morgan fingerprint density at radius 2 is 2.38 bits per heavy atom. The molecule has 1 heterocycles. The van der Waals surface area contributed by atoms with Crippen LogP contribution in [0.2, 0.25) is 0 Å². The van der Waals surface area contributed by atoms with E-state index in [-0.39, 0.29) is 6.42 Å². The lowest BCUT2D eigenvalue weighted by Gasteiger charge is -2.07. The van der Waals surface area contributed by atoms with E-state index < -0.39 is 12.1 Å². The maximum Gasteiger partial charge on any atom is 0.333 e. The molecule has 1 fully saturated rings. The Morgan fingerprint density at radius 3 is 2.88 bits per heavy atom. The smallest absolute Gasteiger partial charge is 0.333 e. The molecular weight excluding hydrogens is 208 g/mol. The molecule has 16 heavy (non-hydrogen) atoms. The van der Waals surface area contributed by atoms with Gasteiger partial charge in [-0.2, -0.15) is 0 Å². The first-order valence-corrected chi connectivity index (χ1v) is 5.46. The van der Waals surface area contributed by atoms with Crippen LogP contribution >= 0.6 is 0 Å². The van der Waals surface area contributed by atoms with E-state index in [1.54, 1.807) is 0 Å². The maximum atomic E-state index is 10.8. The van der Waals surface area contributed by atoms with Gasteiger partial charge in [0.2, 0.25) is 0 Å². The van der Waals surface area contributed by atoms with Gasteiger partial charge in [0.1, 0.15) is 11.5 Å². The average Bonchev–Trinajstić information content (AvgIpc) is 2.79. The zero-order valence-corrected chi connectivity index (χ0v) is 9.47. The highest BCUT2D eigenvalue weighted by Crippen LogP contribution is 2.47. The third kappa shape index (κ3) is 2.27. The summed E-state index contributed by atoms with van der Waals surface area (Å²) < 4.78 is 10.5. The fourth-order valence-electron chi connectivity index (χ4n) is 1.88. The van der Waals surface area contributed by atoms with E-state index in [9.17, 15) is 4.79 Å². The third-order valence-electron chi connectivity index (χ3n) is 3.10. The monoisotopic (exact) mass is 224 g/mol. The fourth-order valence-corrected chi connectivity index (χ4v) is 1.88. The number of aliphatic carboxylic acids is 1. The fraction of sp³-hybridized carbons (Fsp3) is 0.583. The van der Waals surface area contributed by atoms with E-state index in [1.165, 1.54) is 13.5 Å². The molecule has 0 aromatic carbocycles. The SMILES string of the molecule is COC(Cc1ccc(C2CC2C)o1)C(=O)O. The maximum absolute atomic E-state index is 10.8. The van der Waals surface area contributed by atoms with Crippen LogP contribution in [0.1, 0.15) is 30.8 Å². The van der Waals surface area contributed by atoms with Crippen LogP contribution in [0.3, 0.4) is 0 Å². The van der Waals surface area contributed by atoms with Crippen LogP contribution in [0.5, 0.6) is 0 Å². The number of carbonyl (C=O) groups is 1. The molecule has 1 N–H and O–H groups in total. The predicted octanol–water partition coefficient (Wildman–Crippen LogP) is 2.05. The lowest BCUT2D eigenvalue weighted by molar-refractivity contribution is -0.148. The summed E-state index contributed by atoms with van der Waals surface area (Å²) in [5, 5.41) is 8.84. The summed E-state index contributed by atoms with van der Waals surface area (Å²) in [4.78, 5) is 10.8. The van der Waals surface area contributed by atoms with Gasteiger partial charge in [-0.25, -0.2) is 4.79 Å². The van der Waals surface area contributed by atoms with E-state index in [0.717, 1.165) is 5.76 Å². The van der Waals surface area contributed by atoms with Gasteiger partial charge in [-0.05, 0) is 24.5 Å². The number of carboxylic acid groups (broad SMARTS) is 1. The Balaban J connectivity index is 1.99. The molecule has 1 aromatic heterocycles. The van der Waals surface area contributed by atoms with Gasteiger partial charge < -0.3 is 14.3 Å². The van der Waals surface area contributed by atoms with Gasteiger partial charge in [0.05, 0.1) is 0 Å². The van der Waals surface area contributed by atoms with E-state index >= 15 is 0 Å². The van der Waals surface area contributed by atoms with Gasteiger partial charge in [0.15, 0.2) is 6.10 Å². The van der Waals surface area contributed by atoms with E-state index in [4.69, 9.17) is 14.3 Å².